The van der Waals surface area contributed by atoms with Gasteiger partial charge in [-0.05, 0) is 20.3 Å². The summed E-state index contributed by atoms with van der Waals surface area (Å²) < 4.78 is 29.2. The van der Waals surface area contributed by atoms with Crippen LogP contribution < -0.4 is 11.2 Å². The zero-order valence-electron chi connectivity index (χ0n) is 22.5. The van der Waals surface area contributed by atoms with Crippen LogP contribution in [-0.2, 0) is 33.3 Å². The smallest absolute Gasteiger partial charge is 0.330 e. The number of nitrogens with zero attached hydrogens (tertiary/aromatic N) is 1. The average molecular weight is 523 g/mol. The zero-order chi connectivity index (χ0) is 27.6. The van der Waals surface area contributed by atoms with Gasteiger partial charge in [-0.15, -0.1) is 0 Å². The van der Waals surface area contributed by atoms with Gasteiger partial charge in [0.25, 0.3) is 5.56 Å². The standard InChI is InChI=1S/C26H38N2O9/c1-7-8-9-10-11-12-13-14-19-15-28(25(32)27-23(19)31)24-22(36-26(4,5)37-24)21(33-6)20(35-18(3)30)16-34-17(2)29/h15,20-22,24H,7-12,16H2,1-6H3,(H,27,31,32)/t20-,21+,22-,24+/m1/s1. The molecule has 0 spiro atoms. The van der Waals surface area contributed by atoms with Crippen LogP contribution in [0.4, 0.5) is 0 Å². The maximum Gasteiger partial charge on any atom is 0.330 e. The Balaban J connectivity index is 2.37. The number of carbonyl (C=O) groups is 2. The first-order valence-electron chi connectivity index (χ1n) is 12.5. The Bertz CT molecular complexity index is 1100. The number of H-pyrrole nitrogens is 1. The number of rotatable bonds is 12. The van der Waals surface area contributed by atoms with Crippen molar-refractivity contribution in [2.75, 3.05) is 13.7 Å². The second kappa shape index (κ2) is 14.1. The summed E-state index contributed by atoms with van der Waals surface area (Å²) in [6, 6.07) is 0. The van der Waals surface area contributed by atoms with E-state index in [9.17, 15) is 19.2 Å². The number of hydrogen-bond acceptors (Lipinski definition) is 9. The molecule has 37 heavy (non-hydrogen) atoms. The van der Waals surface area contributed by atoms with Crippen molar-refractivity contribution >= 4 is 11.9 Å². The van der Waals surface area contributed by atoms with Crippen LogP contribution in [-0.4, -0.2) is 59.3 Å². The molecule has 2 heterocycles. The molecule has 0 aromatic carbocycles. The monoisotopic (exact) mass is 522 g/mol. The summed E-state index contributed by atoms with van der Waals surface area (Å²) in [6.45, 7) is 7.58. The average Bonchev–Trinajstić information content (AvgIpc) is 3.12. The molecule has 1 N–H and O–H groups in total. The van der Waals surface area contributed by atoms with Crippen molar-refractivity contribution in [2.45, 2.75) is 103 Å². The minimum atomic E-state index is -1.16. The van der Waals surface area contributed by atoms with Crippen LogP contribution in [0.15, 0.2) is 15.8 Å². The summed E-state index contributed by atoms with van der Waals surface area (Å²) in [5.41, 5.74) is -1.23. The predicted octanol–water partition coefficient (Wildman–Crippen LogP) is 2.41. The van der Waals surface area contributed by atoms with Crippen LogP contribution in [0, 0.1) is 11.8 Å². The molecule has 1 aromatic heterocycles. The highest BCUT2D eigenvalue weighted by atomic mass is 16.8. The number of ether oxygens (including phenoxy) is 5. The summed E-state index contributed by atoms with van der Waals surface area (Å²) in [7, 11) is 1.37. The van der Waals surface area contributed by atoms with Gasteiger partial charge in [-0.2, -0.15) is 0 Å². The molecule has 11 nitrogen and oxygen atoms in total. The van der Waals surface area contributed by atoms with Gasteiger partial charge in [0, 0.05) is 33.6 Å². The Morgan fingerprint density at radius 2 is 1.84 bits per heavy atom. The third-order valence-corrected chi connectivity index (χ3v) is 5.71. The normalized spacial score (nSPS) is 19.9. The van der Waals surface area contributed by atoms with Gasteiger partial charge in [-0.1, -0.05) is 44.4 Å². The van der Waals surface area contributed by atoms with Crippen molar-refractivity contribution < 1.29 is 33.3 Å². The highest BCUT2D eigenvalue weighted by Crippen LogP contribution is 2.37. The van der Waals surface area contributed by atoms with E-state index in [1.54, 1.807) is 13.8 Å². The van der Waals surface area contributed by atoms with Crippen LogP contribution in [0.3, 0.4) is 0 Å². The number of unbranched alkanes of at least 4 members (excludes halogenated alkanes) is 5. The number of aromatic amines is 1. The Morgan fingerprint density at radius 1 is 1.14 bits per heavy atom. The van der Waals surface area contributed by atoms with Crippen LogP contribution in [0.1, 0.15) is 84.9 Å². The van der Waals surface area contributed by atoms with Crippen molar-refractivity contribution in [2.24, 2.45) is 0 Å². The lowest BCUT2D eigenvalue weighted by atomic mass is 10.1. The van der Waals surface area contributed by atoms with Crippen LogP contribution in [0.25, 0.3) is 0 Å². The molecule has 11 heteroatoms. The summed E-state index contributed by atoms with van der Waals surface area (Å²) in [6.07, 6.45) is 3.33. The summed E-state index contributed by atoms with van der Waals surface area (Å²) >= 11 is 0. The molecule has 4 atom stereocenters. The third-order valence-electron chi connectivity index (χ3n) is 5.71. The maximum absolute atomic E-state index is 12.8. The Morgan fingerprint density at radius 3 is 2.46 bits per heavy atom. The van der Waals surface area contributed by atoms with Crippen molar-refractivity contribution in [3.8, 4) is 11.8 Å². The van der Waals surface area contributed by atoms with Gasteiger partial charge in [-0.25, -0.2) is 4.79 Å². The molecule has 1 aliphatic heterocycles. The molecule has 1 saturated heterocycles. The molecule has 0 saturated carbocycles. The Kier molecular flexibility index (Phi) is 11.6. The largest absolute Gasteiger partial charge is 0.462 e. The van der Waals surface area contributed by atoms with E-state index in [2.05, 4.69) is 23.7 Å². The molecule has 1 aromatic rings. The SMILES string of the molecule is CCCCCCCC#Cc1cn([C@H]2OC(C)(C)O[C@@H]2[C@@H](OC)[C@@H](COC(C)=O)OC(C)=O)c(=O)[nH]c1=O. The van der Waals surface area contributed by atoms with E-state index in [1.165, 1.54) is 38.1 Å². The molecule has 0 amide bonds. The molecule has 0 aliphatic carbocycles. The highest BCUT2D eigenvalue weighted by molar-refractivity contribution is 5.67. The fourth-order valence-electron chi connectivity index (χ4n) is 4.06. The second-order valence-corrected chi connectivity index (χ2v) is 9.32. The maximum atomic E-state index is 12.8. The quantitative estimate of drug-likeness (QED) is 0.249. The van der Waals surface area contributed by atoms with Crippen molar-refractivity contribution in [1.82, 2.24) is 9.55 Å². The molecule has 0 bridgehead atoms. The van der Waals surface area contributed by atoms with E-state index in [0.29, 0.717) is 6.42 Å². The number of nitrogens with one attached hydrogen (secondary N) is 1. The van der Waals surface area contributed by atoms with Crippen LogP contribution in [0.5, 0.6) is 0 Å². The summed E-state index contributed by atoms with van der Waals surface area (Å²) in [4.78, 5) is 50.6. The van der Waals surface area contributed by atoms with E-state index >= 15 is 0 Å². The van der Waals surface area contributed by atoms with E-state index < -0.39 is 53.5 Å². The molecule has 1 fully saturated rings. The molecule has 2 rings (SSSR count). The molecule has 206 valence electrons. The number of esters is 2. The Hall–Kier alpha value is -2.94. The van der Waals surface area contributed by atoms with E-state index in [0.717, 1.165) is 25.7 Å². The van der Waals surface area contributed by atoms with E-state index in [-0.39, 0.29) is 12.2 Å². The number of methoxy groups -OCH3 is 1. The fourth-order valence-corrected chi connectivity index (χ4v) is 4.06. The topological polar surface area (TPSA) is 135 Å². The molecule has 1 aliphatic rings. The minimum absolute atomic E-state index is 0.102. The predicted molar refractivity (Wildman–Crippen MR) is 134 cm³/mol. The number of hydrogen-bond donors (Lipinski definition) is 1. The molecular formula is C26H38N2O9. The summed E-state index contributed by atoms with van der Waals surface area (Å²) in [5.74, 6) is 3.49. The van der Waals surface area contributed by atoms with Crippen LogP contribution >= 0.6 is 0 Å². The fraction of sp³-hybridized carbons (Fsp3) is 0.692. The first kappa shape index (κ1) is 30.3. The first-order valence-corrected chi connectivity index (χ1v) is 12.5. The van der Waals surface area contributed by atoms with Crippen molar-refractivity contribution in [3.63, 3.8) is 0 Å². The van der Waals surface area contributed by atoms with Crippen molar-refractivity contribution in [1.29, 1.82) is 0 Å². The Labute approximate surface area is 216 Å². The molecule has 0 radical (unpaired) electrons. The van der Waals surface area contributed by atoms with Gasteiger partial charge in [0.1, 0.15) is 24.4 Å². The number of carbonyl (C=O) groups excluding carboxylic acids is 2. The molecular weight excluding hydrogens is 484 g/mol. The zero-order valence-corrected chi connectivity index (χ0v) is 22.5. The summed E-state index contributed by atoms with van der Waals surface area (Å²) in [5, 5.41) is 0. The highest BCUT2D eigenvalue weighted by Gasteiger charge is 2.50. The van der Waals surface area contributed by atoms with Gasteiger partial charge in [0.15, 0.2) is 18.1 Å². The lowest BCUT2D eigenvalue weighted by molar-refractivity contribution is -0.185. The lowest BCUT2D eigenvalue weighted by Gasteiger charge is -2.31. The van der Waals surface area contributed by atoms with Gasteiger partial charge in [0.2, 0.25) is 0 Å². The second-order valence-electron chi connectivity index (χ2n) is 9.32. The number of aromatic nitrogens is 2. The molecule has 0 unspecified atom stereocenters. The van der Waals surface area contributed by atoms with Gasteiger partial charge >= 0.3 is 17.6 Å². The minimum Gasteiger partial charge on any atom is -0.462 e. The first-order chi connectivity index (χ1) is 17.5. The van der Waals surface area contributed by atoms with Crippen molar-refractivity contribution in [3.05, 3.63) is 32.6 Å². The van der Waals surface area contributed by atoms with E-state index in [4.69, 9.17) is 23.7 Å². The van der Waals surface area contributed by atoms with Gasteiger partial charge < -0.3 is 23.7 Å². The van der Waals surface area contributed by atoms with Gasteiger partial charge in [-0.3, -0.25) is 23.9 Å². The van der Waals surface area contributed by atoms with Gasteiger partial charge in [0.05, 0.1) is 0 Å². The van der Waals surface area contributed by atoms with E-state index in [1.807, 2.05) is 0 Å². The lowest BCUT2D eigenvalue weighted by Crippen LogP contribution is -2.49. The van der Waals surface area contributed by atoms with Crippen LogP contribution in [0.2, 0.25) is 0 Å². The third kappa shape index (κ3) is 9.14.